The van der Waals surface area contributed by atoms with Crippen LogP contribution in [0.15, 0.2) is 60.7 Å². The summed E-state index contributed by atoms with van der Waals surface area (Å²) in [6, 6.07) is 16.5. The lowest BCUT2D eigenvalue weighted by atomic mass is 9.97. The lowest BCUT2D eigenvalue weighted by Gasteiger charge is -2.32. The molecule has 0 bridgehead atoms. The van der Waals surface area contributed by atoms with Gasteiger partial charge in [-0.15, -0.1) is 10.2 Å². The van der Waals surface area contributed by atoms with Gasteiger partial charge in [-0.2, -0.15) is 13.2 Å². The van der Waals surface area contributed by atoms with Gasteiger partial charge in [0.05, 0.1) is 17.2 Å². The summed E-state index contributed by atoms with van der Waals surface area (Å²) in [5.74, 6) is 0.0348. The molecule has 0 spiro atoms. The Hall–Kier alpha value is -3.42. The normalized spacial score (nSPS) is 16.6. The number of nitrogens with zero attached hydrogens (tertiary/aromatic N) is 3. The van der Waals surface area contributed by atoms with Gasteiger partial charge in [0.1, 0.15) is 0 Å². The van der Waals surface area contributed by atoms with Gasteiger partial charge in [0.2, 0.25) is 5.91 Å². The highest BCUT2D eigenvalue weighted by Gasteiger charge is 2.31. The minimum atomic E-state index is -4.45. The molecule has 8 heteroatoms. The zero-order valence-electron chi connectivity index (χ0n) is 17.6. The van der Waals surface area contributed by atoms with Crippen molar-refractivity contribution < 1.29 is 18.0 Å². The van der Waals surface area contributed by atoms with E-state index < -0.39 is 11.7 Å². The van der Waals surface area contributed by atoms with E-state index in [9.17, 15) is 18.0 Å². The maximum absolute atomic E-state index is 12.9. The number of aryl methyl sites for hydroxylation is 1. The number of nitrogens with one attached hydrogen (secondary N) is 1. The monoisotopic (exact) mass is 440 g/mol. The fourth-order valence-corrected chi connectivity index (χ4v) is 3.79. The zero-order valence-corrected chi connectivity index (χ0v) is 17.6. The molecule has 2 heterocycles. The maximum Gasteiger partial charge on any atom is 0.416 e. The topological polar surface area (TPSA) is 58.1 Å². The molecule has 166 valence electrons. The molecule has 4 rings (SSSR count). The maximum atomic E-state index is 12.9. The SMILES string of the molecule is Cc1ccc(-c2ccc(N3CCC[C@@H](C(=O)Nc4cccc(C(F)(F)F)c4)C3)nn2)cc1. The predicted octanol–water partition coefficient (Wildman–Crippen LogP) is 5.33. The number of hydrogen-bond acceptors (Lipinski definition) is 4. The van der Waals surface area contributed by atoms with Crippen LogP contribution in [-0.2, 0) is 11.0 Å². The first-order valence-electron chi connectivity index (χ1n) is 10.4. The van der Waals surface area contributed by atoms with Crippen LogP contribution in [0.2, 0.25) is 0 Å². The van der Waals surface area contributed by atoms with Gasteiger partial charge in [-0.3, -0.25) is 4.79 Å². The highest BCUT2D eigenvalue weighted by atomic mass is 19.4. The fraction of sp³-hybridized carbons (Fsp3) is 0.292. The fourth-order valence-electron chi connectivity index (χ4n) is 3.79. The van der Waals surface area contributed by atoms with Gasteiger partial charge in [-0.1, -0.05) is 35.9 Å². The van der Waals surface area contributed by atoms with Crippen molar-refractivity contribution in [3.05, 3.63) is 71.8 Å². The Kier molecular flexibility index (Phi) is 6.12. The van der Waals surface area contributed by atoms with Crippen molar-refractivity contribution in [3.8, 4) is 11.3 Å². The summed E-state index contributed by atoms with van der Waals surface area (Å²) in [6.07, 6.45) is -3.01. The number of carbonyl (C=O) groups excluding carboxylic acids is 1. The third kappa shape index (κ3) is 5.07. The molecule has 1 aliphatic rings. The number of alkyl halides is 3. The number of benzene rings is 2. The molecular weight excluding hydrogens is 417 g/mol. The van der Waals surface area contributed by atoms with Gasteiger partial charge in [0.25, 0.3) is 0 Å². The molecule has 32 heavy (non-hydrogen) atoms. The molecule has 1 atom stereocenters. The summed E-state index contributed by atoms with van der Waals surface area (Å²) in [7, 11) is 0. The average Bonchev–Trinajstić information content (AvgIpc) is 2.79. The minimum Gasteiger partial charge on any atom is -0.354 e. The molecule has 1 N–H and O–H groups in total. The van der Waals surface area contributed by atoms with Crippen molar-refractivity contribution >= 4 is 17.4 Å². The summed E-state index contributed by atoms with van der Waals surface area (Å²) >= 11 is 0. The van der Waals surface area contributed by atoms with Crippen molar-refractivity contribution in [1.29, 1.82) is 0 Å². The predicted molar refractivity (Wildman–Crippen MR) is 117 cm³/mol. The van der Waals surface area contributed by atoms with Crippen LogP contribution < -0.4 is 10.2 Å². The number of anilines is 2. The molecule has 0 radical (unpaired) electrons. The number of aromatic nitrogens is 2. The van der Waals surface area contributed by atoms with Crippen molar-refractivity contribution in [3.63, 3.8) is 0 Å². The summed E-state index contributed by atoms with van der Waals surface area (Å²) in [5, 5.41) is 11.3. The Morgan fingerprint density at radius 2 is 1.84 bits per heavy atom. The Labute approximate surface area is 184 Å². The molecule has 1 fully saturated rings. The molecular formula is C24H23F3N4O. The Balaban J connectivity index is 1.42. The molecule has 3 aromatic rings. The number of carbonyl (C=O) groups is 1. The second-order valence-electron chi connectivity index (χ2n) is 8.00. The van der Waals surface area contributed by atoms with Gasteiger partial charge in [0.15, 0.2) is 5.82 Å². The van der Waals surface area contributed by atoms with Crippen LogP contribution in [0, 0.1) is 12.8 Å². The second kappa shape index (κ2) is 8.98. The standard InChI is InChI=1S/C24H23F3N4O/c1-16-7-9-17(10-8-16)21-11-12-22(30-29-21)31-13-3-4-18(15-31)23(32)28-20-6-2-5-19(14-20)24(25,26)27/h2,5-12,14,18H,3-4,13,15H2,1H3,(H,28,32)/t18-/m1/s1. The van der Waals surface area contributed by atoms with E-state index >= 15 is 0 Å². The van der Waals surface area contributed by atoms with Crippen LogP contribution in [0.25, 0.3) is 11.3 Å². The summed E-state index contributed by atoms with van der Waals surface area (Å²) in [4.78, 5) is 14.7. The molecule has 0 unspecified atom stereocenters. The quantitative estimate of drug-likeness (QED) is 0.596. The molecule has 1 aromatic heterocycles. The third-order valence-corrected chi connectivity index (χ3v) is 5.57. The number of rotatable bonds is 4. The lowest BCUT2D eigenvalue weighted by molar-refractivity contribution is -0.137. The zero-order chi connectivity index (χ0) is 22.7. The lowest BCUT2D eigenvalue weighted by Crippen LogP contribution is -2.41. The van der Waals surface area contributed by atoms with Crippen molar-refractivity contribution in [2.75, 3.05) is 23.3 Å². The number of hydrogen-bond donors (Lipinski definition) is 1. The highest BCUT2D eigenvalue weighted by Crippen LogP contribution is 2.31. The molecule has 0 aliphatic carbocycles. The first-order chi connectivity index (χ1) is 15.3. The molecule has 2 aromatic carbocycles. The molecule has 1 amide bonds. The van der Waals surface area contributed by atoms with Crippen molar-refractivity contribution in [1.82, 2.24) is 10.2 Å². The number of halogens is 3. The van der Waals surface area contributed by atoms with E-state index in [-0.39, 0.29) is 17.5 Å². The minimum absolute atomic E-state index is 0.143. The third-order valence-electron chi connectivity index (χ3n) is 5.57. The second-order valence-corrected chi connectivity index (χ2v) is 8.00. The molecule has 5 nitrogen and oxygen atoms in total. The van der Waals surface area contributed by atoms with Crippen LogP contribution in [-0.4, -0.2) is 29.2 Å². The number of piperidine rings is 1. The molecule has 0 saturated carbocycles. The van der Waals surface area contributed by atoms with Crippen molar-refractivity contribution in [2.45, 2.75) is 25.9 Å². The largest absolute Gasteiger partial charge is 0.416 e. The Morgan fingerprint density at radius 1 is 1.06 bits per heavy atom. The molecule has 1 saturated heterocycles. The molecule has 1 aliphatic heterocycles. The van der Waals surface area contributed by atoms with E-state index in [1.807, 2.05) is 48.2 Å². The first-order valence-corrected chi connectivity index (χ1v) is 10.4. The van der Waals surface area contributed by atoms with Crippen LogP contribution in [0.5, 0.6) is 0 Å². The van der Waals surface area contributed by atoms with E-state index in [4.69, 9.17) is 0 Å². The van der Waals surface area contributed by atoms with E-state index in [1.165, 1.54) is 17.7 Å². The Bertz CT molecular complexity index is 1080. The van der Waals surface area contributed by atoms with E-state index in [2.05, 4.69) is 15.5 Å². The van der Waals surface area contributed by atoms with Gasteiger partial charge in [-0.05, 0) is 50.1 Å². The van der Waals surface area contributed by atoms with Gasteiger partial charge < -0.3 is 10.2 Å². The average molecular weight is 440 g/mol. The summed E-state index contributed by atoms with van der Waals surface area (Å²) in [6.45, 7) is 3.20. The smallest absolute Gasteiger partial charge is 0.354 e. The Morgan fingerprint density at radius 3 is 2.53 bits per heavy atom. The van der Waals surface area contributed by atoms with E-state index in [0.29, 0.717) is 18.8 Å². The van der Waals surface area contributed by atoms with Crippen LogP contribution in [0.4, 0.5) is 24.7 Å². The van der Waals surface area contributed by atoms with Gasteiger partial charge in [-0.25, -0.2) is 0 Å². The first kappa shape index (κ1) is 21.8. The van der Waals surface area contributed by atoms with Crippen LogP contribution in [0.3, 0.4) is 0 Å². The van der Waals surface area contributed by atoms with Gasteiger partial charge in [0, 0.05) is 24.3 Å². The van der Waals surface area contributed by atoms with E-state index in [0.717, 1.165) is 36.4 Å². The highest BCUT2D eigenvalue weighted by molar-refractivity contribution is 5.93. The van der Waals surface area contributed by atoms with Crippen molar-refractivity contribution in [2.24, 2.45) is 5.92 Å². The van der Waals surface area contributed by atoms with E-state index in [1.54, 1.807) is 0 Å². The van der Waals surface area contributed by atoms with Crippen LogP contribution in [0.1, 0.15) is 24.0 Å². The number of amides is 1. The van der Waals surface area contributed by atoms with Gasteiger partial charge >= 0.3 is 6.18 Å². The van der Waals surface area contributed by atoms with Crippen LogP contribution >= 0.6 is 0 Å². The summed E-state index contributed by atoms with van der Waals surface area (Å²) < 4.78 is 38.8. The summed E-state index contributed by atoms with van der Waals surface area (Å²) in [5.41, 5.74) is 2.27.